The number of benzene rings is 11. The Morgan fingerprint density at radius 3 is 1.15 bits per heavy atom. The van der Waals surface area contributed by atoms with Crippen LogP contribution in [-0.2, 0) is 10.8 Å². The van der Waals surface area contributed by atoms with Gasteiger partial charge in [0.2, 0.25) is 0 Å². The number of hydrogen-bond acceptors (Lipinski definition) is 0. The summed E-state index contributed by atoms with van der Waals surface area (Å²) in [5, 5.41) is 12.8. The second-order valence-electron chi connectivity index (χ2n) is 18.9. The Labute approximate surface area is 362 Å². The molecule has 11 aromatic rings. The Kier molecular flexibility index (Phi) is 7.23. The van der Waals surface area contributed by atoms with Gasteiger partial charge in [-0.15, -0.1) is 0 Å². The van der Waals surface area contributed by atoms with Crippen LogP contribution in [0.2, 0.25) is 0 Å². The van der Waals surface area contributed by atoms with E-state index in [4.69, 9.17) is 0 Å². The average molecular weight is 789 g/mol. The van der Waals surface area contributed by atoms with E-state index in [1.54, 1.807) is 0 Å². The van der Waals surface area contributed by atoms with Crippen molar-refractivity contribution >= 4 is 53.9 Å². The molecule has 292 valence electrons. The third-order valence-corrected chi connectivity index (χ3v) is 14.8. The summed E-state index contributed by atoms with van der Waals surface area (Å²) < 4.78 is 0. The van der Waals surface area contributed by atoms with Crippen molar-refractivity contribution in [3.8, 4) is 55.6 Å². The van der Waals surface area contributed by atoms with Crippen LogP contribution in [0.3, 0.4) is 0 Å². The lowest BCUT2D eigenvalue weighted by molar-refractivity contribution is 0.661. The van der Waals surface area contributed by atoms with Gasteiger partial charge in [-0.3, -0.25) is 0 Å². The van der Waals surface area contributed by atoms with E-state index in [1.807, 2.05) is 0 Å². The highest BCUT2D eigenvalue weighted by atomic mass is 14.4. The molecule has 0 aromatic heterocycles. The molecule has 0 heteroatoms. The number of fused-ring (bicyclic) bond motifs is 11. The summed E-state index contributed by atoms with van der Waals surface area (Å²) in [7, 11) is 0. The van der Waals surface area contributed by atoms with Gasteiger partial charge in [0.05, 0.1) is 0 Å². The zero-order valence-corrected chi connectivity index (χ0v) is 35.5. The van der Waals surface area contributed by atoms with Gasteiger partial charge in [-0.05, 0) is 180 Å². The van der Waals surface area contributed by atoms with E-state index in [0.717, 1.165) is 0 Å². The molecule has 0 fully saturated rings. The van der Waals surface area contributed by atoms with Crippen molar-refractivity contribution in [3.05, 3.63) is 216 Å². The smallest absolute Gasteiger partial charge is 0.0159 e. The maximum Gasteiger partial charge on any atom is 0.0159 e. The van der Waals surface area contributed by atoms with Crippen LogP contribution in [0.4, 0.5) is 0 Å². The predicted molar refractivity (Wildman–Crippen MR) is 265 cm³/mol. The largest absolute Gasteiger partial charge is 0.0616 e. The molecule has 2 aliphatic carbocycles. The van der Waals surface area contributed by atoms with Crippen LogP contribution in [0.1, 0.15) is 49.9 Å². The van der Waals surface area contributed by atoms with Gasteiger partial charge in [0, 0.05) is 10.8 Å². The minimum Gasteiger partial charge on any atom is -0.0616 e. The van der Waals surface area contributed by atoms with Gasteiger partial charge in [-0.1, -0.05) is 173 Å². The van der Waals surface area contributed by atoms with Crippen molar-refractivity contribution in [2.24, 2.45) is 0 Å². The average Bonchev–Trinajstić information content (AvgIpc) is 3.66. The molecule has 11 aromatic carbocycles. The summed E-state index contributed by atoms with van der Waals surface area (Å²) >= 11 is 0. The first kappa shape index (κ1) is 35.5. The van der Waals surface area contributed by atoms with E-state index in [-0.39, 0.29) is 10.8 Å². The van der Waals surface area contributed by atoms with Crippen LogP contribution in [0, 0.1) is 0 Å². The number of rotatable bonds is 3. The van der Waals surface area contributed by atoms with E-state index in [0.29, 0.717) is 0 Å². The van der Waals surface area contributed by atoms with Crippen LogP contribution in [0.25, 0.3) is 109 Å². The van der Waals surface area contributed by atoms with Gasteiger partial charge in [0.15, 0.2) is 0 Å². The first-order chi connectivity index (χ1) is 30.2. The second kappa shape index (κ2) is 12.6. The van der Waals surface area contributed by atoms with E-state index < -0.39 is 0 Å². The topological polar surface area (TPSA) is 0 Å². The quantitative estimate of drug-likeness (QED) is 0.156. The molecule has 0 nitrogen and oxygen atoms in total. The molecule has 0 bridgehead atoms. The molecule has 0 saturated heterocycles. The highest BCUT2D eigenvalue weighted by Gasteiger charge is 2.38. The summed E-state index contributed by atoms with van der Waals surface area (Å²) in [5.74, 6) is 0. The molecule has 62 heavy (non-hydrogen) atoms. The molecule has 0 unspecified atom stereocenters. The summed E-state index contributed by atoms with van der Waals surface area (Å²) in [4.78, 5) is 0. The minimum absolute atomic E-state index is 0.139. The first-order valence-electron chi connectivity index (χ1n) is 22.1. The standard InChI is InChI=1S/C62H44/c1-61(2)55-35-45(24-26-47(55)52-30-39-15-7-9-17-41(39)33-57(52)61)59-49-19-11-12-20-50(49)60(54-32-44(23-28-51(54)59)43-22-21-37-13-5-6-14-38(37)29-43)46-25-27-48-53-31-40-16-8-10-18-42(40)34-58(53)62(3,4)56(48)36-46/h5-36H,1-4H3. The van der Waals surface area contributed by atoms with Gasteiger partial charge in [0.1, 0.15) is 0 Å². The van der Waals surface area contributed by atoms with Crippen LogP contribution in [0.15, 0.2) is 194 Å². The van der Waals surface area contributed by atoms with Crippen LogP contribution in [0.5, 0.6) is 0 Å². The van der Waals surface area contributed by atoms with E-state index in [2.05, 4.69) is 222 Å². The van der Waals surface area contributed by atoms with Crippen molar-refractivity contribution in [1.82, 2.24) is 0 Å². The predicted octanol–water partition coefficient (Wildman–Crippen LogP) is 17.1. The lowest BCUT2D eigenvalue weighted by Crippen LogP contribution is -2.15. The van der Waals surface area contributed by atoms with Gasteiger partial charge in [-0.2, -0.15) is 0 Å². The molecule has 0 atom stereocenters. The Morgan fingerprint density at radius 1 is 0.242 bits per heavy atom. The second-order valence-corrected chi connectivity index (χ2v) is 18.9. The molecular formula is C62H44. The molecule has 0 spiro atoms. The first-order valence-corrected chi connectivity index (χ1v) is 22.1. The van der Waals surface area contributed by atoms with Crippen molar-refractivity contribution in [2.45, 2.75) is 38.5 Å². The van der Waals surface area contributed by atoms with Gasteiger partial charge in [-0.25, -0.2) is 0 Å². The Balaban J connectivity index is 1.07. The van der Waals surface area contributed by atoms with Crippen LogP contribution < -0.4 is 0 Å². The normalized spacial score (nSPS) is 14.4. The lowest BCUT2D eigenvalue weighted by Gasteiger charge is -2.24. The van der Waals surface area contributed by atoms with Crippen LogP contribution in [-0.4, -0.2) is 0 Å². The zero-order valence-electron chi connectivity index (χ0n) is 35.5. The van der Waals surface area contributed by atoms with E-state index >= 15 is 0 Å². The zero-order chi connectivity index (χ0) is 41.5. The monoisotopic (exact) mass is 788 g/mol. The number of hydrogen-bond donors (Lipinski definition) is 0. The molecule has 0 saturated carbocycles. The maximum atomic E-state index is 2.52. The molecule has 0 radical (unpaired) electrons. The molecule has 2 aliphatic rings. The molecular weight excluding hydrogens is 745 g/mol. The fourth-order valence-corrected chi connectivity index (χ4v) is 11.5. The summed E-state index contributed by atoms with van der Waals surface area (Å²) in [6, 6.07) is 73.8. The lowest BCUT2D eigenvalue weighted by atomic mass is 9.79. The maximum absolute atomic E-state index is 2.52. The van der Waals surface area contributed by atoms with Gasteiger partial charge < -0.3 is 0 Å². The van der Waals surface area contributed by atoms with E-state index in [1.165, 1.54) is 132 Å². The van der Waals surface area contributed by atoms with Crippen molar-refractivity contribution < 1.29 is 0 Å². The minimum atomic E-state index is -0.146. The molecule has 0 amide bonds. The molecule has 0 heterocycles. The molecule has 13 rings (SSSR count). The molecule has 0 N–H and O–H groups in total. The fraction of sp³-hybridized carbons (Fsp3) is 0.0968. The van der Waals surface area contributed by atoms with Gasteiger partial charge >= 0.3 is 0 Å². The summed E-state index contributed by atoms with van der Waals surface area (Å²) in [5.41, 5.74) is 18.3. The summed E-state index contributed by atoms with van der Waals surface area (Å²) in [6.07, 6.45) is 0. The Bertz CT molecular complexity index is 3740. The van der Waals surface area contributed by atoms with Gasteiger partial charge in [0.25, 0.3) is 0 Å². The summed E-state index contributed by atoms with van der Waals surface area (Å²) in [6.45, 7) is 9.62. The SMILES string of the molecule is CC1(C)c2cc(-c3c4ccccc4c(-c4ccc5c(c4)C(C)(C)c4cc6ccccc6cc4-5)c4cc(-c5ccc6ccccc6c5)ccc34)ccc2-c2cc3ccccc3cc21. The highest BCUT2D eigenvalue weighted by Crippen LogP contribution is 2.54. The van der Waals surface area contributed by atoms with Crippen LogP contribution >= 0.6 is 0 Å². The third-order valence-electron chi connectivity index (χ3n) is 14.8. The third kappa shape index (κ3) is 4.95. The van der Waals surface area contributed by atoms with E-state index in [9.17, 15) is 0 Å². The van der Waals surface area contributed by atoms with Crippen molar-refractivity contribution in [2.75, 3.05) is 0 Å². The molecule has 0 aliphatic heterocycles. The highest BCUT2D eigenvalue weighted by molar-refractivity contribution is 6.22. The fourth-order valence-electron chi connectivity index (χ4n) is 11.5. The Hall–Kier alpha value is -7.28. The van der Waals surface area contributed by atoms with Crippen molar-refractivity contribution in [1.29, 1.82) is 0 Å². The Morgan fingerprint density at radius 2 is 0.613 bits per heavy atom. The van der Waals surface area contributed by atoms with Crippen molar-refractivity contribution in [3.63, 3.8) is 0 Å².